The standard InChI is InChI=1S/C8H16N2O/c1-3-8(2)9-10-4-6-11-7-5-10/h3-7H2,1-2H3/b9-8-. The van der Waals surface area contributed by atoms with Gasteiger partial charge in [0.25, 0.3) is 0 Å². The highest BCUT2D eigenvalue weighted by atomic mass is 16.5. The smallest absolute Gasteiger partial charge is 0.0659 e. The second-order valence-corrected chi connectivity index (χ2v) is 2.75. The van der Waals surface area contributed by atoms with Gasteiger partial charge in [0.2, 0.25) is 0 Å². The summed E-state index contributed by atoms with van der Waals surface area (Å²) < 4.78 is 5.20. The zero-order chi connectivity index (χ0) is 8.10. The molecule has 3 heteroatoms. The first kappa shape index (κ1) is 8.53. The van der Waals surface area contributed by atoms with Crippen molar-refractivity contribution in [2.45, 2.75) is 20.3 Å². The van der Waals surface area contributed by atoms with Crippen LogP contribution in [0.4, 0.5) is 0 Å². The third kappa shape index (κ3) is 2.89. The van der Waals surface area contributed by atoms with Crippen molar-refractivity contribution in [3.8, 4) is 0 Å². The van der Waals surface area contributed by atoms with Gasteiger partial charge in [0.05, 0.1) is 26.3 Å². The van der Waals surface area contributed by atoms with Crippen molar-refractivity contribution in [1.29, 1.82) is 0 Å². The van der Waals surface area contributed by atoms with Gasteiger partial charge in [-0.2, -0.15) is 5.10 Å². The van der Waals surface area contributed by atoms with E-state index in [2.05, 4.69) is 24.0 Å². The molecule has 64 valence electrons. The minimum absolute atomic E-state index is 0.820. The van der Waals surface area contributed by atoms with Crippen LogP contribution in [0.3, 0.4) is 0 Å². The Morgan fingerprint density at radius 3 is 2.64 bits per heavy atom. The first-order chi connectivity index (χ1) is 5.33. The molecule has 1 fully saturated rings. The Balaban J connectivity index is 2.34. The average Bonchev–Trinajstić information content (AvgIpc) is 2.06. The van der Waals surface area contributed by atoms with Gasteiger partial charge in [0.15, 0.2) is 0 Å². The van der Waals surface area contributed by atoms with Crippen LogP contribution in [-0.2, 0) is 4.74 Å². The first-order valence-corrected chi connectivity index (χ1v) is 4.19. The molecule has 11 heavy (non-hydrogen) atoms. The normalized spacial score (nSPS) is 20.5. The van der Waals surface area contributed by atoms with Gasteiger partial charge in [-0.1, -0.05) is 6.92 Å². The maximum Gasteiger partial charge on any atom is 0.0659 e. The van der Waals surface area contributed by atoms with Crippen molar-refractivity contribution < 1.29 is 4.74 Å². The Kier molecular flexibility index (Phi) is 3.36. The van der Waals surface area contributed by atoms with Crippen molar-refractivity contribution in [2.75, 3.05) is 26.3 Å². The molecule has 0 aromatic heterocycles. The fourth-order valence-electron chi connectivity index (χ4n) is 0.966. The van der Waals surface area contributed by atoms with E-state index in [1.54, 1.807) is 0 Å². The van der Waals surface area contributed by atoms with E-state index in [0.29, 0.717) is 0 Å². The number of hydrogen-bond acceptors (Lipinski definition) is 3. The van der Waals surface area contributed by atoms with Gasteiger partial charge in [-0.05, 0) is 13.3 Å². The van der Waals surface area contributed by atoms with Crippen molar-refractivity contribution in [1.82, 2.24) is 5.01 Å². The molecule has 0 saturated carbocycles. The van der Waals surface area contributed by atoms with E-state index in [0.717, 1.165) is 32.7 Å². The largest absolute Gasteiger partial charge is 0.378 e. The zero-order valence-electron chi connectivity index (χ0n) is 7.34. The lowest BCUT2D eigenvalue weighted by atomic mass is 10.3. The summed E-state index contributed by atoms with van der Waals surface area (Å²) >= 11 is 0. The van der Waals surface area contributed by atoms with Crippen molar-refractivity contribution in [3.05, 3.63) is 0 Å². The summed E-state index contributed by atoms with van der Waals surface area (Å²) in [6.07, 6.45) is 1.04. The van der Waals surface area contributed by atoms with Crippen molar-refractivity contribution >= 4 is 5.71 Å². The summed E-state index contributed by atoms with van der Waals surface area (Å²) in [6, 6.07) is 0. The second-order valence-electron chi connectivity index (χ2n) is 2.75. The molecule has 0 unspecified atom stereocenters. The van der Waals surface area contributed by atoms with Crippen LogP contribution >= 0.6 is 0 Å². The lowest BCUT2D eigenvalue weighted by Crippen LogP contribution is -2.32. The molecule has 0 aliphatic carbocycles. The minimum atomic E-state index is 0.820. The highest BCUT2D eigenvalue weighted by Gasteiger charge is 2.06. The molecule has 0 bridgehead atoms. The van der Waals surface area contributed by atoms with Gasteiger partial charge in [-0.15, -0.1) is 0 Å². The third-order valence-corrected chi connectivity index (χ3v) is 1.81. The second kappa shape index (κ2) is 4.34. The molecule has 1 rings (SSSR count). The van der Waals surface area contributed by atoms with Gasteiger partial charge in [-0.3, -0.25) is 5.01 Å². The predicted molar refractivity (Wildman–Crippen MR) is 45.8 cm³/mol. The molecule has 0 aromatic rings. The molecular formula is C8H16N2O. The van der Waals surface area contributed by atoms with Gasteiger partial charge < -0.3 is 4.74 Å². The molecule has 3 nitrogen and oxygen atoms in total. The number of rotatable bonds is 2. The molecule has 0 radical (unpaired) electrons. The van der Waals surface area contributed by atoms with Crippen LogP contribution in [0.2, 0.25) is 0 Å². The van der Waals surface area contributed by atoms with E-state index >= 15 is 0 Å². The summed E-state index contributed by atoms with van der Waals surface area (Å²) in [4.78, 5) is 0. The fourth-order valence-corrected chi connectivity index (χ4v) is 0.966. The van der Waals surface area contributed by atoms with E-state index in [1.165, 1.54) is 5.71 Å². The summed E-state index contributed by atoms with van der Waals surface area (Å²) in [5.74, 6) is 0. The molecule has 1 aliphatic rings. The SMILES string of the molecule is CC/C(C)=N\N1CCOCC1. The predicted octanol–water partition coefficient (Wildman–Crippen LogP) is 1.10. The lowest BCUT2D eigenvalue weighted by molar-refractivity contribution is 0.0392. The maximum atomic E-state index is 5.20. The van der Waals surface area contributed by atoms with E-state index in [4.69, 9.17) is 4.74 Å². The number of hydrogen-bond donors (Lipinski definition) is 0. The number of morpholine rings is 1. The number of hydrazone groups is 1. The van der Waals surface area contributed by atoms with Crippen molar-refractivity contribution in [3.63, 3.8) is 0 Å². The molecule has 0 aromatic carbocycles. The Labute approximate surface area is 68.0 Å². The van der Waals surface area contributed by atoms with E-state index in [9.17, 15) is 0 Å². The van der Waals surface area contributed by atoms with Gasteiger partial charge >= 0.3 is 0 Å². The molecular weight excluding hydrogens is 140 g/mol. The molecule has 1 saturated heterocycles. The highest BCUT2D eigenvalue weighted by molar-refractivity contribution is 5.81. The van der Waals surface area contributed by atoms with Crippen LogP contribution in [0, 0.1) is 0 Å². The first-order valence-electron chi connectivity index (χ1n) is 4.19. The molecule has 0 N–H and O–H groups in total. The Morgan fingerprint density at radius 1 is 1.45 bits per heavy atom. The number of ether oxygens (including phenoxy) is 1. The van der Waals surface area contributed by atoms with Gasteiger partial charge in [0, 0.05) is 5.71 Å². The van der Waals surface area contributed by atoms with E-state index in [1.807, 2.05) is 0 Å². The molecule has 1 heterocycles. The fraction of sp³-hybridized carbons (Fsp3) is 0.875. The monoisotopic (exact) mass is 156 g/mol. The average molecular weight is 156 g/mol. The van der Waals surface area contributed by atoms with Gasteiger partial charge in [-0.25, -0.2) is 0 Å². The molecule has 1 aliphatic heterocycles. The van der Waals surface area contributed by atoms with Crippen LogP contribution in [0.1, 0.15) is 20.3 Å². The van der Waals surface area contributed by atoms with Gasteiger partial charge in [0.1, 0.15) is 0 Å². The summed E-state index contributed by atoms with van der Waals surface area (Å²) in [5, 5.41) is 6.51. The highest BCUT2D eigenvalue weighted by Crippen LogP contribution is 1.98. The van der Waals surface area contributed by atoms with Crippen LogP contribution in [0.25, 0.3) is 0 Å². The van der Waals surface area contributed by atoms with Crippen LogP contribution in [0.5, 0.6) is 0 Å². The quantitative estimate of drug-likeness (QED) is 0.559. The summed E-state index contributed by atoms with van der Waals surface area (Å²) in [7, 11) is 0. The van der Waals surface area contributed by atoms with E-state index < -0.39 is 0 Å². The lowest BCUT2D eigenvalue weighted by Gasteiger charge is -2.24. The molecule has 0 atom stereocenters. The van der Waals surface area contributed by atoms with Crippen LogP contribution < -0.4 is 0 Å². The summed E-state index contributed by atoms with van der Waals surface area (Å²) in [5.41, 5.74) is 1.20. The Morgan fingerprint density at radius 2 is 2.09 bits per heavy atom. The number of nitrogens with zero attached hydrogens (tertiary/aromatic N) is 2. The topological polar surface area (TPSA) is 24.8 Å². The van der Waals surface area contributed by atoms with Crippen LogP contribution in [0.15, 0.2) is 5.10 Å². The molecule has 0 amide bonds. The third-order valence-electron chi connectivity index (χ3n) is 1.81. The summed E-state index contributed by atoms with van der Waals surface area (Å²) in [6.45, 7) is 7.71. The maximum absolute atomic E-state index is 5.20. The Bertz CT molecular complexity index is 139. The Hall–Kier alpha value is -0.570. The van der Waals surface area contributed by atoms with E-state index in [-0.39, 0.29) is 0 Å². The minimum Gasteiger partial charge on any atom is -0.378 e. The van der Waals surface area contributed by atoms with Crippen molar-refractivity contribution in [2.24, 2.45) is 5.10 Å². The zero-order valence-corrected chi connectivity index (χ0v) is 7.34. The van der Waals surface area contributed by atoms with Crippen LogP contribution in [-0.4, -0.2) is 37.0 Å². The molecule has 0 spiro atoms.